The van der Waals surface area contributed by atoms with E-state index in [-0.39, 0.29) is 4.99 Å². The highest BCUT2D eigenvalue weighted by Crippen LogP contribution is 2.27. The minimum Gasteiger partial charge on any atom is -0.389 e. The van der Waals surface area contributed by atoms with Crippen molar-refractivity contribution in [1.82, 2.24) is 10.2 Å². The van der Waals surface area contributed by atoms with E-state index in [4.69, 9.17) is 29.6 Å². The molecule has 0 bridgehead atoms. The van der Waals surface area contributed by atoms with Crippen LogP contribution in [-0.2, 0) is 0 Å². The first-order valence-corrected chi connectivity index (χ1v) is 6.78. The van der Waals surface area contributed by atoms with Gasteiger partial charge in [0.25, 0.3) is 0 Å². The molecule has 92 valence electrons. The van der Waals surface area contributed by atoms with E-state index >= 15 is 0 Å². The molecule has 0 aliphatic rings. The van der Waals surface area contributed by atoms with Crippen LogP contribution >= 0.6 is 46.4 Å². The molecule has 0 radical (unpaired) electrons. The topological polar surface area (TPSA) is 63.8 Å². The van der Waals surface area contributed by atoms with Crippen LogP contribution in [0.15, 0.2) is 30.5 Å². The Morgan fingerprint density at radius 1 is 1.39 bits per heavy atom. The molecule has 1 aromatic heterocycles. The van der Waals surface area contributed by atoms with E-state index in [0.717, 1.165) is 9.26 Å². The summed E-state index contributed by atoms with van der Waals surface area (Å²) in [6.45, 7) is 0. The average molecular weight is 391 g/mol. The van der Waals surface area contributed by atoms with Crippen molar-refractivity contribution >= 4 is 62.9 Å². The molecule has 0 amide bonds. The van der Waals surface area contributed by atoms with Crippen molar-refractivity contribution in [2.24, 2.45) is 5.73 Å². The van der Waals surface area contributed by atoms with Crippen LogP contribution in [0.3, 0.4) is 0 Å². The van der Waals surface area contributed by atoms with Gasteiger partial charge in [-0.2, -0.15) is 5.10 Å². The highest BCUT2D eigenvalue weighted by Gasteiger charge is 2.09. The number of nitrogens with two attached hydrogens (primary N) is 1. The smallest absolute Gasteiger partial charge is 0.163 e. The number of nitrogens with zero attached hydrogens (tertiary/aromatic N) is 2. The van der Waals surface area contributed by atoms with Crippen molar-refractivity contribution < 1.29 is 0 Å². The lowest BCUT2D eigenvalue weighted by molar-refractivity contribution is 1.03. The van der Waals surface area contributed by atoms with Crippen molar-refractivity contribution in [3.63, 3.8) is 0 Å². The minimum atomic E-state index is 0.258. The Labute approximate surface area is 128 Å². The maximum atomic E-state index is 6.13. The Kier molecular flexibility index (Phi) is 4.31. The summed E-state index contributed by atoms with van der Waals surface area (Å²) in [6.07, 6.45) is 1.54. The molecule has 1 heterocycles. The second kappa shape index (κ2) is 5.77. The number of nitrogens with one attached hydrogen (secondary N) is 1. The fourth-order valence-electron chi connectivity index (χ4n) is 1.34. The van der Waals surface area contributed by atoms with Gasteiger partial charge >= 0.3 is 0 Å². The molecule has 18 heavy (non-hydrogen) atoms. The Morgan fingerprint density at radius 2 is 2.17 bits per heavy atom. The predicted octanol–water partition coefficient (Wildman–Crippen LogP) is 3.11. The number of hydrogen-bond acceptors (Lipinski definition) is 4. The number of benzene rings is 1. The Bertz CT molecular complexity index is 605. The van der Waals surface area contributed by atoms with Gasteiger partial charge < -0.3 is 11.1 Å². The fraction of sp³-hybridized carbons (Fsp3) is 0. The van der Waals surface area contributed by atoms with Crippen molar-refractivity contribution in [3.05, 3.63) is 44.6 Å². The van der Waals surface area contributed by atoms with Crippen LogP contribution in [0.1, 0.15) is 5.56 Å². The van der Waals surface area contributed by atoms with E-state index in [1.807, 2.05) is 18.2 Å². The predicted molar refractivity (Wildman–Crippen MR) is 85.4 cm³/mol. The summed E-state index contributed by atoms with van der Waals surface area (Å²) in [5.74, 6) is 0.494. The molecule has 0 spiro atoms. The summed E-state index contributed by atoms with van der Waals surface area (Å²) < 4.78 is 1.05. The zero-order chi connectivity index (χ0) is 13.1. The van der Waals surface area contributed by atoms with E-state index in [1.54, 1.807) is 6.07 Å². The monoisotopic (exact) mass is 390 g/mol. The molecule has 7 heteroatoms. The first-order chi connectivity index (χ1) is 8.58. The lowest BCUT2D eigenvalue weighted by atomic mass is 10.2. The molecule has 0 saturated carbocycles. The maximum absolute atomic E-state index is 6.13. The summed E-state index contributed by atoms with van der Waals surface area (Å²) in [4.78, 5) is 0.258. The molecule has 1 aromatic carbocycles. The van der Waals surface area contributed by atoms with E-state index in [1.165, 1.54) is 6.20 Å². The third-order valence-electron chi connectivity index (χ3n) is 2.17. The molecular formula is C11H8ClIN4S. The van der Waals surface area contributed by atoms with Gasteiger partial charge in [-0.15, -0.1) is 5.10 Å². The van der Waals surface area contributed by atoms with Gasteiger partial charge in [0.2, 0.25) is 0 Å². The summed E-state index contributed by atoms with van der Waals surface area (Å²) >= 11 is 13.3. The van der Waals surface area contributed by atoms with E-state index in [0.29, 0.717) is 16.4 Å². The molecule has 0 fully saturated rings. The number of aromatic nitrogens is 2. The van der Waals surface area contributed by atoms with Crippen molar-refractivity contribution in [1.29, 1.82) is 0 Å². The molecule has 2 aromatic rings. The Morgan fingerprint density at radius 3 is 2.83 bits per heavy atom. The van der Waals surface area contributed by atoms with Crippen LogP contribution in [0.25, 0.3) is 0 Å². The molecule has 2 rings (SSSR count). The zero-order valence-electron chi connectivity index (χ0n) is 9.02. The first kappa shape index (κ1) is 13.4. The first-order valence-electron chi connectivity index (χ1n) is 4.91. The van der Waals surface area contributed by atoms with Gasteiger partial charge in [0, 0.05) is 3.57 Å². The van der Waals surface area contributed by atoms with Gasteiger partial charge in [-0.1, -0.05) is 23.8 Å². The highest BCUT2D eigenvalue weighted by molar-refractivity contribution is 14.1. The Hall–Kier alpha value is -0.990. The number of hydrogen-bond donors (Lipinski definition) is 2. The molecule has 0 aliphatic carbocycles. The standard InChI is InChI=1S/C11H8ClIN4S/c12-8-5-6(13)1-2-9(8)16-11-7(10(14)18)3-4-15-17-11/h1-5H,(H2,14,18)(H,16,17). The van der Waals surface area contributed by atoms with Gasteiger partial charge in [-0.05, 0) is 46.9 Å². The molecule has 0 aliphatic heterocycles. The third-order valence-corrected chi connectivity index (χ3v) is 3.37. The SMILES string of the molecule is NC(=S)c1ccnnc1Nc1ccc(I)cc1Cl. The maximum Gasteiger partial charge on any atom is 0.163 e. The van der Waals surface area contributed by atoms with Crippen LogP contribution in [0.4, 0.5) is 11.5 Å². The average Bonchev–Trinajstić information content (AvgIpc) is 2.33. The van der Waals surface area contributed by atoms with E-state index in [9.17, 15) is 0 Å². The molecule has 3 N–H and O–H groups in total. The van der Waals surface area contributed by atoms with Gasteiger partial charge in [0.15, 0.2) is 5.82 Å². The molecular weight excluding hydrogens is 383 g/mol. The van der Waals surface area contributed by atoms with E-state index in [2.05, 4.69) is 38.1 Å². The third kappa shape index (κ3) is 3.06. The molecule has 0 unspecified atom stereocenters. The highest BCUT2D eigenvalue weighted by atomic mass is 127. The quantitative estimate of drug-likeness (QED) is 0.623. The normalized spacial score (nSPS) is 10.1. The summed E-state index contributed by atoms with van der Waals surface area (Å²) in [5.41, 5.74) is 6.99. The Balaban J connectivity index is 2.37. The summed E-state index contributed by atoms with van der Waals surface area (Å²) in [6, 6.07) is 7.35. The zero-order valence-corrected chi connectivity index (χ0v) is 12.8. The van der Waals surface area contributed by atoms with Crippen LogP contribution in [0.5, 0.6) is 0 Å². The molecule has 0 saturated heterocycles. The summed E-state index contributed by atoms with van der Waals surface area (Å²) in [5, 5.41) is 11.4. The number of anilines is 2. The van der Waals surface area contributed by atoms with Gasteiger partial charge in [0.1, 0.15) is 4.99 Å². The molecule has 0 atom stereocenters. The van der Waals surface area contributed by atoms with Crippen LogP contribution in [0, 0.1) is 3.57 Å². The molecule has 4 nitrogen and oxygen atoms in total. The number of rotatable bonds is 3. The fourth-order valence-corrected chi connectivity index (χ4v) is 2.41. The lowest BCUT2D eigenvalue weighted by Crippen LogP contribution is -2.13. The lowest BCUT2D eigenvalue weighted by Gasteiger charge is -2.10. The van der Waals surface area contributed by atoms with Crippen molar-refractivity contribution in [2.45, 2.75) is 0 Å². The second-order valence-electron chi connectivity index (χ2n) is 3.41. The van der Waals surface area contributed by atoms with Gasteiger partial charge in [-0.3, -0.25) is 0 Å². The summed E-state index contributed by atoms with van der Waals surface area (Å²) in [7, 11) is 0. The van der Waals surface area contributed by atoms with Crippen molar-refractivity contribution in [2.75, 3.05) is 5.32 Å². The second-order valence-corrected chi connectivity index (χ2v) is 5.50. The number of halogens is 2. The van der Waals surface area contributed by atoms with Gasteiger partial charge in [-0.25, -0.2) is 0 Å². The van der Waals surface area contributed by atoms with E-state index < -0.39 is 0 Å². The number of thiocarbonyl (C=S) groups is 1. The van der Waals surface area contributed by atoms with Crippen LogP contribution < -0.4 is 11.1 Å². The van der Waals surface area contributed by atoms with Gasteiger partial charge in [0.05, 0.1) is 22.5 Å². The minimum absolute atomic E-state index is 0.258. The van der Waals surface area contributed by atoms with Crippen molar-refractivity contribution in [3.8, 4) is 0 Å². The largest absolute Gasteiger partial charge is 0.389 e. The van der Waals surface area contributed by atoms with Crippen LogP contribution in [-0.4, -0.2) is 15.2 Å². The van der Waals surface area contributed by atoms with Crippen LogP contribution in [0.2, 0.25) is 5.02 Å².